The molecule has 1 aromatic rings. The molecule has 0 aliphatic heterocycles. The van der Waals surface area contributed by atoms with Crippen molar-refractivity contribution in [3.63, 3.8) is 0 Å². The van der Waals surface area contributed by atoms with Gasteiger partial charge in [0.2, 0.25) is 0 Å². The Morgan fingerprint density at radius 2 is 1.86 bits per heavy atom. The lowest BCUT2D eigenvalue weighted by atomic mass is 9.78. The number of benzene rings is 1. The molecule has 2 heteroatoms. The standard InChI is InChI=1S/C12H16BrCl/c1-4-12(3,5-2)11-9(13)7-6-8-10(11)14/h6-8H,4-5H2,1-3H3. The molecule has 0 unspecified atom stereocenters. The molecule has 1 rings (SSSR count). The lowest BCUT2D eigenvalue weighted by molar-refractivity contribution is 0.437. The number of halogens is 2. The molecule has 0 aliphatic rings. The second kappa shape index (κ2) is 4.67. The Kier molecular flexibility index (Phi) is 4.03. The zero-order valence-electron chi connectivity index (χ0n) is 8.90. The van der Waals surface area contributed by atoms with E-state index >= 15 is 0 Å². The smallest absolute Gasteiger partial charge is 0.0454 e. The average molecular weight is 276 g/mol. The minimum Gasteiger partial charge on any atom is -0.0840 e. The van der Waals surface area contributed by atoms with Crippen molar-refractivity contribution in [1.82, 2.24) is 0 Å². The van der Waals surface area contributed by atoms with Gasteiger partial charge in [0.25, 0.3) is 0 Å². The van der Waals surface area contributed by atoms with Crippen molar-refractivity contribution in [2.24, 2.45) is 0 Å². The normalized spacial score (nSPS) is 11.8. The third-order valence-electron chi connectivity index (χ3n) is 3.13. The Morgan fingerprint density at radius 1 is 1.29 bits per heavy atom. The first-order valence-corrected chi connectivity index (χ1v) is 6.16. The van der Waals surface area contributed by atoms with Gasteiger partial charge in [-0.2, -0.15) is 0 Å². The minimum atomic E-state index is 0.178. The zero-order chi connectivity index (χ0) is 10.8. The fourth-order valence-corrected chi connectivity index (χ4v) is 3.04. The Bertz CT molecular complexity index is 296. The van der Waals surface area contributed by atoms with Gasteiger partial charge in [0.05, 0.1) is 0 Å². The van der Waals surface area contributed by atoms with Crippen LogP contribution in [0.2, 0.25) is 5.02 Å². The fraction of sp³-hybridized carbons (Fsp3) is 0.500. The van der Waals surface area contributed by atoms with Gasteiger partial charge >= 0.3 is 0 Å². The van der Waals surface area contributed by atoms with Crippen molar-refractivity contribution in [3.05, 3.63) is 33.3 Å². The maximum atomic E-state index is 6.24. The molecule has 0 nitrogen and oxygen atoms in total. The van der Waals surface area contributed by atoms with Gasteiger partial charge in [-0.15, -0.1) is 0 Å². The maximum absolute atomic E-state index is 6.24. The van der Waals surface area contributed by atoms with Crippen LogP contribution in [0, 0.1) is 0 Å². The summed E-state index contributed by atoms with van der Waals surface area (Å²) in [6.45, 7) is 6.68. The first kappa shape index (κ1) is 12.1. The molecule has 0 radical (unpaired) electrons. The molecule has 14 heavy (non-hydrogen) atoms. The van der Waals surface area contributed by atoms with Crippen LogP contribution in [0.4, 0.5) is 0 Å². The van der Waals surface area contributed by atoms with E-state index in [1.165, 1.54) is 5.56 Å². The third-order valence-corrected chi connectivity index (χ3v) is 4.10. The topological polar surface area (TPSA) is 0 Å². The minimum absolute atomic E-state index is 0.178. The highest BCUT2D eigenvalue weighted by Gasteiger charge is 2.26. The molecule has 1 aromatic carbocycles. The lowest BCUT2D eigenvalue weighted by Crippen LogP contribution is -2.20. The maximum Gasteiger partial charge on any atom is 0.0454 e. The number of hydrogen-bond donors (Lipinski definition) is 0. The summed E-state index contributed by atoms with van der Waals surface area (Å²) in [5.41, 5.74) is 1.42. The van der Waals surface area contributed by atoms with Gasteiger partial charge in [-0.1, -0.05) is 54.4 Å². The molecule has 0 atom stereocenters. The molecule has 0 saturated heterocycles. The van der Waals surface area contributed by atoms with E-state index in [-0.39, 0.29) is 5.41 Å². The lowest BCUT2D eigenvalue weighted by Gasteiger charge is -2.29. The summed E-state index contributed by atoms with van der Waals surface area (Å²) in [7, 11) is 0. The molecule has 0 bridgehead atoms. The van der Waals surface area contributed by atoms with E-state index in [1.54, 1.807) is 0 Å². The van der Waals surface area contributed by atoms with E-state index in [2.05, 4.69) is 42.8 Å². The van der Waals surface area contributed by atoms with Gasteiger partial charge in [-0.3, -0.25) is 0 Å². The molecule has 0 aromatic heterocycles. The van der Waals surface area contributed by atoms with E-state index in [4.69, 9.17) is 11.6 Å². The summed E-state index contributed by atoms with van der Waals surface area (Å²) in [4.78, 5) is 0. The summed E-state index contributed by atoms with van der Waals surface area (Å²) in [6, 6.07) is 6.00. The quantitative estimate of drug-likeness (QED) is 0.713. The van der Waals surface area contributed by atoms with Gasteiger partial charge in [0.15, 0.2) is 0 Å². The third kappa shape index (κ3) is 2.14. The Hall–Kier alpha value is -0.0100. The number of rotatable bonds is 3. The van der Waals surface area contributed by atoms with Crippen molar-refractivity contribution < 1.29 is 0 Å². The van der Waals surface area contributed by atoms with Gasteiger partial charge in [0.1, 0.15) is 0 Å². The van der Waals surface area contributed by atoms with Crippen molar-refractivity contribution in [2.75, 3.05) is 0 Å². The van der Waals surface area contributed by atoms with Crippen LogP contribution in [0.15, 0.2) is 22.7 Å². The molecule has 0 fully saturated rings. The summed E-state index contributed by atoms with van der Waals surface area (Å²) in [5.74, 6) is 0. The van der Waals surface area contributed by atoms with E-state index in [0.717, 1.165) is 22.3 Å². The van der Waals surface area contributed by atoms with E-state index in [0.29, 0.717) is 0 Å². The molecule has 0 saturated carbocycles. The number of hydrogen-bond acceptors (Lipinski definition) is 0. The molecule has 0 spiro atoms. The highest BCUT2D eigenvalue weighted by Crippen LogP contribution is 2.40. The van der Waals surface area contributed by atoms with E-state index in [9.17, 15) is 0 Å². The highest BCUT2D eigenvalue weighted by atomic mass is 79.9. The summed E-state index contributed by atoms with van der Waals surface area (Å²) in [6.07, 6.45) is 2.21. The van der Waals surface area contributed by atoms with Gasteiger partial charge in [0, 0.05) is 9.50 Å². The first-order chi connectivity index (χ1) is 6.55. The molecular formula is C12H16BrCl. The Morgan fingerprint density at radius 3 is 2.29 bits per heavy atom. The van der Waals surface area contributed by atoms with Crippen LogP contribution in [0.1, 0.15) is 39.2 Å². The predicted molar refractivity (Wildman–Crippen MR) is 67.1 cm³/mol. The second-order valence-corrected chi connectivity index (χ2v) is 5.13. The predicted octanol–water partition coefficient (Wildman–Crippen LogP) is 5.18. The SMILES string of the molecule is CCC(C)(CC)c1c(Cl)cccc1Br. The van der Waals surface area contributed by atoms with E-state index < -0.39 is 0 Å². The molecule has 0 amide bonds. The van der Waals surface area contributed by atoms with Crippen molar-refractivity contribution in [3.8, 4) is 0 Å². The molecule has 0 heterocycles. The largest absolute Gasteiger partial charge is 0.0840 e. The van der Waals surface area contributed by atoms with Gasteiger partial charge in [-0.05, 0) is 36.0 Å². The van der Waals surface area contributed by atoms with Crippen molar-refractivity contribution in [2.45, 2.75) is 39.0 Å². The molecule has 0 aliphatic carbocycles. The van der Waals surface area contributed by atoms with Crippen LogP contribution in [-0.4, -0.2) is 0 Å². The van der Waals surface area contributed by atoms with Crippen LogP contribution in [-0.2, 0) is 5.41 Å². The van der Waals surface area contributed by atoms with Crippen LogP contribution in [0.5, 0.6) is 0 Å². The Balaban J connectivity index is 3.29. The van der Waals surface area contributed by atoms with Crippen LogP contribution >= 0.6 is 27.5 Å². The fourth-order valence-electron chi connectivity index (χ4n) is 1.68. The highest BCUT2D eigenvalue weighted by molar-refractivity contribution is 9.10. The van der Waals surface area contributed by atoms with Gasteiger partial charge < -0.3 is 0 Å². The van der Waals surface area contributed by atoms with E-state index in [1.807, 2.05) is 12.1 Å². The zero-order valence-corrected chi connectivity index (χ0v) is 11.2. The summed E-state index contributed by atoms with van der Waals surface area (Å²) < 4.78 is 1.12. The molecular weight excluding hydrogens is 259 g/mol. The van der Waals surface area contributed by atoms with Crippen LogP contribution in [0.25, 0.3) is 0 Å². The Labute approximate surface area is 99.8 Å². The second-order valence-electron chi connectivity index (χ2n) is 3.86. The molecule has 0 N–H and O–H groups in total. The average Bonchev–Trinajstić information content (AvgIpc) is 2.17. The van der Waals surface area contributed by atoms with Crippen LogP contribution in [0.3, 0.4) is 0 Å². The summed E-state index contributed by atoms with van der Waals surface area (Å²) in [5, 5.41) is 0.866. The molecule has 78 valence electrons. The summed E-state index contributed by atoms with van der Waals surface area (Å²) >= 11 is 9.82. The van der Waals surface area contributed by atoms with Crippen molar-refractivity contribution >= 4 is 27.5 Å². The van der Waals surface area contributed by atoms with Crippen LogP contribution < -0.4 is 0 Å². The monoisotopic (exact) mass is 274 g/mol. The van der Waals surface area contributed by atoms with Crippen molar-refractivity contribution in [1.29, 1.82) is 0 Å². The van der Waals surface area contributed by atoms with Gasteiger partial charge in [-0.25, -0.2) is 0 Å². The first-order valence-electron chi connectivity index (χ1n) is 4.99.